The maximum atomic E-state index is 12.7. The predicted octanol–water partition coefficient (Wildman–Crippen LogP) is 5.34. The molecule has 0 unspecified atom stereocenters. The van der Waals surface area contributed by atoms with Crippen molar-refractivity contribution in [2.75, 3.05) is 5.32 Å². The Balaban J connectivity index is 1.42. The van der Waals surface area contributed by atoms with Crippen LogP contribution in [0, 0.1) is 13.8 Å². The van der Waals surface area contributed by atoms with E-state index in [4.69, 9.17) is 4.74 Å². The van der Waals surface area contributed by atoms with E-state index in [1.807, 2.05) is 73.1 Å². The fourth-order valence-corrected chi connectivity index (χ4v) is 3.52. The lowest BCUT2D eigenvalue weighted by Gasteiger charge is -2.13. The molecule has 1 N–H and O–H groups in total. The molecule has 2 aromatic heterocycles. The van der Waals surface area contributed by atoms with E-state index in [1.54, 1.807) is 12.1 Å². The molecule has 0 saturated heterocycles. The average molecular weight is 399 g/mol. The predicted molar refractivity (Wildman–Crippen MR) is 119 cm³/mol. The van der Waals surface area contributed by atoms with E-state index in [1.165, 1.54) is 0 Å². The molecule has 2 aromatic carbocycles. The number of amides is 1. The van der Waals surface area contributed by atoms with Crippen molar-refractivity contribution in [3.63, 3.8) is 0 Å². The molecule has 0 bridgehead atoms. The van der Waals surface area contributed by atoms with Crippen molar-refractivity contribution >= 4 is 17.2 Å². The largest absolute Gasteiger partial charge is 0.487 e. The van der Waals surface area contributed by atoms with Crippen molar-refractivity contribution in [2.45, 2.75) is 33.8 Å². The standard InChI is InChI=1S/C25H25N3O2/c1-4-19-9-5-7-17(2)23(19)27-25(29)20-10-12-22(13-11-20)30-16-21-15-28-14-6-8-18(3)24(28)26-21/h5-15H,4,16H2,1-3H3,(H,27,29). The van der Waals surface area contributed by atoms with Gasteiger partial charge in [-0.15, -0.1) is 0 Å². The smallest absolute Gasteiger partial charge is 0.255 e. The molecule has 4 aromatic rings. The van der Waals surface area contributed by atoms with Gasteiger partial charge in [0.05, 0.1) is 5.69 Å². The number of carbonyl (C=O) groups excluding carboxylic acids is 1. The molecule has 5 heteroatoms. The minimum Gasteiger partial charge on any atom is -0.487 e. The zero-order valence-corrected chi connectivity index (χ0v) is 17.5. The molecule has 0 spiro atoms. The minimum atomic E-state index is -0.124. The third-order valence-electron chi connectivity index (χ3n) is 5.21. The second-order valence-electron chi connectivity index (χ2n) is 7.38. The summed E-state index contributed by atoms with van der Waals surface area (Å²) in [6, 6.07) is 17.3. The maximum Gasteiger partial charge on any atom is 0.255 e. The van der Waals surface area contributed by atoms with Gasteiger partial charge >= 0.3 is 0 Å². The van der Waals surface area contributed by atoms with Gasteiger partial charge in [0, 0.05) is 23.6 Å². The molecule has 0 atom stereocenters. The van der Waals surface area contributed by atoms with Crippen molar-refractivity contribution in [3.8, 4) is 5.75 Å². The fourth-order valence-electron chi connectivity index (χ4n) is 3.52. The first-order chi connectivity index (χ1) is 14.5. The molecule has 152 valence electrons. The Hall–Kier alpha value is -3.60. The van der Waals surface area contributed by atoms with E-state index in [0.717, 1.165) is 40.1 Å². The van der Waals surface area contributed by atoms with E-state index >= 15 is 0 Å². The molecule has 0 aliphatic heterocycles. The van der Waals surface area contributed by atoms with E-state index in [0.29, 0.717) is 17.9 Å². The van der Waals surface area contributed by atoms with Gasteiger partial charge in [-0.1, -0.05) is 31.2 Å². The summed E-state index contributed by atoms with van der Waals surface area (Å²) in [4.78, 5) is 17.3. The van der Waals surface area contributed by atoms with Crippen molar-refractivity contribution in [1.82, 2.24) is 9.38 Å². The third kappa shape index (κ3) is 4.06. The first kappa shape index (κ1) is 19.7. The van der Waals surface area contributed by atoms with Gasteiger partial charge in [-0.2, -0.15) is 0 Å². The third-order valence-corrected chi connectivity index (χ3v) is 5.21. The number of hydrogen-bond donors (Lipinski definition) is 1. The Labute approximate surface area is 176 Å². The van der Waals surface area contributed by atoms with Crippen LogP contribution in [0.25, 0.3) is 5.65 Å². The number of benzene rings is 2. The Morgan fingerprint density at radius 3 is 2.53 bits per heavy atom. The molecule has 30 heavy (non-hydrogen) atoms. The van der Waals surface area contributed by atoms with Gasteiger partial charge in [0.1, 0.15) is 18.0 Å². The number of anilines is 1. The first-order valence-electron chi connectivity index (χ1n) is 10.1. The van der Waals surface area contributed by atoms with Crippen LogP contribution in [-0.4, -0.2) is 15.3 Å². The highest BCUT2D eigenvalue weighted by molar-refractivity contribution is 6.05. The first-order valence-corrected chi connectivity index (χ1v) is 10.1. The molecule has 5 nitrogen and oxygen atoms in total. The average Bonchev–Trinajstić information content (AvgIpc) is 3.18. The number of ether oxygens (including phenoxy) is 1. The zero-order chi connectivity index (χ0) is 21.1. The number of rotatable bonds is 6. The summed E-state index contributed by atoms with van der Waals surface area (Å²) in [7, 11) is 0. The molecule has 0 aliphatic rings. The molecule has 2 heterocycles. The highest BCUT2D eigenvalue weighted by Gasteiger charge is 2.11. The van der Waals surface area contributed by atoms with Crippen LogP contribution in [0.4, 0.5) is 5.69 Å². The summed E-state index contributed by atoms with van der Waals surface area (Å²) < 4.78 is 7.86. The molecule has 0 radical (unpaired) electrons. The second kappa shape index (κ2) is 8.41. The number of hydrogen-bond acceptors (Lipinski definition) is 3. The quantitative estimate of drug-likeness (QED) is 0.476. The SMILES string of the molecule is CCc1cccc(C)c1NC(=O)c1ccc(OCc2cn3cccc(C)c3n2)cc1. The number of pyridine rings is 1. The van der Waals surface area contributed by atoms with E-state index in [9.17, 15) is 4.79 Å². The lowest BCUT2D eigenvalue weighted by Crippen LogP contribution is -2.14. The van der Waals surface area contributed by atoms with Crippen LogP contribution in [-0.2, 0) is 13.0 Å². The van der Waals surface area contributed by atoms with Gasteiger partial charge in [0.2, 0.25) is 0 Å². The minimum absolute atomic E-state index is 0.124. The van der Waals surface area contributed by atoms with Crippen LogP contribution in [0.5, 0.6) is 5.75 Å². The summed E-state index contributed by atoms with van der Waals surface area (Å²) >= 11 is 0. The topological polar surface area (TPSA) is 55.6 Å². The monoisotopic (exact) mass is 399 g/mol. The van der Waals surface area contributed by atoms with Crippen LogP contribution in [0.3, 0.4) is 0 Å². The summed E-state index contributed by atoms with van der Waals surface area (Å²) in [5.74, 6) is 0.576. The van der Waals surface area contributed by atoms with Gasteiger partial charge in [-0.05, 0) is 67.3 Å². The number of nitrogens with zero attached hydrogens (tertiary/aromatic N) is 2. The Morgan fingerprint density at radius 2 is 1.80 bits per heavy atom. The lowest BCUT2D eigenvalue weighted by atomic mass is 10.1. The summed E-state index contributed by atoms with van der Waals surface area (Å²) in [6.45, 7) is 6.50. The van der Waals surface area contributed by atoms with Crippen LogP contribution in [0.15, 0.2) is 67.0 Å². The molecular weight excluding hydrogens is 374 g/mol. The van der Waals surface area contributed by atoms with Crippen molar-refractivity contribution in [3.05, 3.63) is 94.9 Å². The molecule has 0 fully saturated rings. The van der Waals surface area contributed by atoms with E-state index in [-0.39, 0.29) is 5.91 Å². The Morgan fingerprint density at radius 1 is 1.03 bits per heavy atom. The molecule has 0 aliphatic carbocycles. The van der Waals surface area contributed by atoms with Gasteiger partial charge in [-0.3, -0.25) is 4.79 Å². The van der Waals surface area contributed by atoms with Crippen LogP contribution in [0.2, 0.25) is 0 Å². The normalized spacial score (nSPS) is 10.9. The fraction of sp³-hybridized carbons (Fsp3) is 0.200. The number of carbonyl (C=O) groups is 1. The molecule has 4 rings (SSSR count). The van der Waals surface area contributed by atoms with Crippen LogP contribution < -0.4 is 10.1 Å². The van der Waals surface area contributed by atoms with E-state index < -0.39 is 0 Å². The van der Waals surface area contributed by atoms with Crippen molar-refractivity contribution in [1.29, 1.82) is 0 Å². The van der Waals surface area contributed by atoms with Crippen LogP contribution in [0.1, 0.15) is 39.7 Å². The van der Waals surface area contributed by atoms with Crippen molar-refractivity contribution in [2.24, 2.45) is 0 Å². The Kier molecular flexibility index (Phi) is 5.53. The number of para-hydroxylation sites is 1. The van der Waals surface area contributed by atoms with Crippen LogP contribution >= 0.6 is 0 Å². The number of aryl methyl sites for hydroxylation is 3. The highest BCUT2D eigenvalue weighted by Crippen LogP contribution is 2.22. The highest BCUT2D eigenvalue weighted by atomic mass is 16.5. The number of nitrogens with one attached hydrogen (secondary N) is 1. The number of aromatic nitrogens is 2. The van der Waals surface area contributed by atoms with Gasteiger partial charge in [0.15, 0.2) is 0 Å². The lowest BCUT2D eigenvalue weighted by molar-refractivity contribution is 0.102. The zero-order valence-electron chi connectivity index (χ0n) is 17.5. The molecule has 0 saturated carbocycles. The summed E-state index contributed by atoms with van der Waals surface area (Å²) in [5.41, 5.74) is 6.60. The van der Waals surface area contributed by atoms with Crippen molar-refractivity contribution < 1.29 is 9.53 Å². The maximum absolute atomic E-state index is 12.7. The Bertz CT molecular complexity index is 1190. The van der Waals surface area contributed by atoms with Gasteiger partial charge < -0.3 is 14.5 Å². The summed E-state index contributed by atoms with van der Waals surface area (Å²) in [6.07, 6.45) is 4.81. The van der Waals surface area contributed by atoms with E-state index in [2.05, 4.69) is 17.2 Å². The second-order valence-corrected chi connectivity index (χ2v) is 7.38. The number of fused-ring (bicyclic) bond motifs is 1. The summed E-state index contributed by atoms with van der Waals surface area (Å²) in [5, 5.41) is 3.05. The number of imidazole rings is 1. The molecule has 1 amide bonds. The van der Waals surface area contributed by atoms with Gasteiger partial charge in [-0.25, -0.2) is 4.98 Å². The van der Waals surface area contributed by atoms with Gasteiger partial charge in [0.25, 0.3) is 5.91 Å². The molecular formula is C25H25N3O2.